The summed E-state index contributed by atoms with van der Waals surface area (Å²) in [6.45, 7) is 11.6. The van der Waals surface area contributed by atoms with Crippen molar-refractivity contribution in [2.75, 3.05) is 9.80 Å². The van der Waals surface area contributed by atoms with Crippen molar-refractivity contribution in [2.45, 2.75) is 65.2 Å². The molecular formula is C54H50N4O4. The van der Waals surface area contributed by atoms with Gasteiger partial charge in [-0.05, 0) is 144 Å². The first-order valence-electron chi connectivity index (χ1n) is 21.1. The van der Waals surface area contributed by atoms with Gasteiger partial charge in [-0.3, -0.25) is 4.79 Å². The Kier molecular flexibility index (Phi) is 15.2. The number of rotatable bonds is 19. The zero-order valence-electron chi connectivity index (χ0n) is 35.2. The number of nitrogens with zero attached hydrogens (tertiary/aromatic N) is 4. The third kappa shape index (κ3) is 11.3. The fourth-order valence-electron chi connectivity index (χ4n) is 7.33. The number of aryl methyl sites for hydroxylation is 2. The van der Waals surface area contributed by atoms with Gasteiger partial charge >= 0.3 is 11.9 Å². The van der Waals surface area contributed by atoms with Crippen LogP contribution in [0.2, 0.25) is 0 Å². The highest BCUT2D eigenvalue weighted by atomic mass is 16.4. The number of carboxylic acid groups (broad SMARTS) is 2. The fourth-order valence-corrected chi connectivity index (χ4v) is 7.33. The molecule has 0 radical (unpaired) electrons. The average Bonchev–Trinajstić information content (AvgIpc) is 3.30. The van der Waals surface area contributed by atoms with E-state index in [9.17, 15) is 25.1 Å². The third-order valence-corrected chi connectivity index (χ3v) is 10.7. The summed E-state index contributed by atoms with van der Waals surface area (Å²) in [5.74, 6) is -2.52. The Morgan fingerprint density at radius 2 is 0.871 bits per heavy atom. The number of nitriles is 1. The Hall–Kier alpha value is -7.68. The highest BCUT2D eigenvalue weighted by Gasteiger charge is 2.16. The zero-order chi connectivity index (χ0) is 43.8. The van der Waals surface area contributed by atoms with Gasteiger partial charge in [0.15, 0.2) is 0 Å². The van der Waals surface area contributed by atoms with E-state index < -0.39 is 11.9 Å². The quantitative estimate of drug-likeness (QED) is 0.0362. The molecule has 0 aliphatic rings. The van der Waals surface area contributed by atoms with Crippen LogP contribution in [-0.4, -0.2) is 22.2 Å². The Morgan fingerprint density at radius 3 is 1.18 bits per heavy atom. The van der Waals surface area contributed by atoms with E-state index in [1.165, 1.54) is 49.0 Å². The lowest BCUT2D eigenvalue weighted by Gasteiger charge is -2.26. The topological polar surface area (TPSA) is 109 Å². The van der Waals surface area contributed by atoms with E-state index in [2.05, 4.69) is 126 Å². The zero-order valence-corrected chi connectivity index (χ0v) is 35.2. The monoisotopic (exact) mass is 818 g/mol. The van der Waals surface area contributed by atoms with E-state index in [0.29, 0.717) is 11.1 Å². The van der Waals surface area contributed by atoms with Crippen molar-refractivity contribution < 1.29 is 19.8 Å². The summed E-state index contributed by atoms with van der Waals surface area (Å²) < 4.78 is 0. The van der Waals surface area contributed by atoms with Crippen LogP contribution in [0.4, 0.5) is 34.1 Å². The predicted octanol–water partition coefficient (Wildman–Crippen LogP) is 14.1. The first kappa shape index (κ1) is 43.9. The van der Waals surface area contributed by atoms with Gasteiger partial charge in [0.05, 0.1) is 6.57 Å². The molecule has 0 atom stereocenters. The molecule has 6 aromatic rings. The standard InChI is InChI=1S/C54H50N4O4/c1-4-6-8-10-39-12-24-46(25-13-39)57(48-28-16-41(17-29-48)36-45(38-55)53(59)60)50-32-20-43(21-33-50)44-22-34-51(35-23-44)58(47-26-14-40(15-27-47)11-9-7-5-2)49-30-18-42(19-31-49)37-52(56-3)54(61)62/h12-37H,4-11H2,1-2H3,(H,59,60)(H,61,62)/b45-36+,52-37+. The molecule has 0 aliphatic heterocycles. The van der Waals surface area contributed by atoms with Crippen LogP contribution in [0.15, 0.2) is 157 Å². The van der Waals surface area contributed by atoms with Crippen LogP contribution >= 0.6 is 0 Å². The lowest BCUT2D eigenvalue weighted by atomic mass is 10.0. The lowest BCUT2D eigenvalue weighted by molar-refractivity contribution is -0.133. The normalized spacial score (nSPS) is 11.4. The lowest BCUT2D eigenvalue weighted by Crippen LogP contribution is -2.10. The van der Waals surface area contributed by atoms with Gasteiger partial charge < -0.3 is 20.0 Å². The van der Waals surface area contributed by atoms with Crippen molar-refractivity contribution in [3.63, 3.8) is 0 Å². The van der Waals surface area contributed by atoms with Crippen molar-refractivity contribution >= 4 is 58.2 Å². The number of unbranched alkanes of at least 4 members (excludes halogenated alkanes) is 4. The van der Waals surface area contributed by atoms with Gasteiger partial charge in [-0.15, -0.1) is 0 Å². The van der Waals surface area contributed by atoms with Gasteiger partial charge in [0.25, 0.3) is 5.70 Å². The van der Waals surface area contributed by atoms with Crippen LogP contribution in [-0.2, 0) is 22.4 Å². The summed E-state index contributed by atoms with van der Waals surface area (Å²) in [7, 11) is 0. The summed E-state index contributed by atoms with van der Waals surface area (Å²) in [6.07, 6.45) is 11.8. The van der Waals surface area contributed by atoms with Gasteiger partial charge in [-0.25, -0.2) is 9.64 Å². The second-order valence-corrected chi connectivity index (χ2v) is 15.1. The number of aliphatic carboxylic acids is 2. The first-order valence-corrected chi connectivity index (χ1v) is 21.1. The maximum atomic E-state index is 11.5. The van der Waals surface area contributed by atoms with Crippen LogP contribution in [0.3, 0.4) is 0 Å². The molecule has 62 heavy (non-hydrogen) atoms. The molecular weight excluding hydrogens is 769 g/mol. The van der Waals surface area contributed by atoms with Gasteiger partial charge in [0.1, 0.15) is 11.6 Å². The van der Waals surface area contributed by atoms with Crippen LogP contribution in [0.5, 0.6) is 0 Å². The third-order valence-electron chi connectivity index (χ3n) is 10.7. The molecule has 0 fully saturated rings. The molecule has 8 heteroatoms. The van der Waals surface area contributed by atoms with Crippen LogP contribution in [0.1, 0.15) is 74.6 Å². The molecule has 0 amide bonds. The predicted molar refractivity (Wildman–Crippen MR) is 251 cm³/mol. The Morgan fingerprint density at radius 1 is 0.532 bits per heavy atom. The SMILES string of the molecule is [C-]#[N+]/C(=C/c1ccc(N(c2ccc(CCCCC)cc2)c2ccc(-c3ccc(N(c4ccc(/C=C(\C#N)C(=O)O)cc4)c4ccc(CCCCC)cc4)cc3)cc2)cc1)C(=O)O. The number of carboxylic acids is 2. The van der Waals surface area contributed by atoms with Crippen LogP contribution < -0.4 is 9.80 Å². The molecule has 6 aromatic carbocycles. The molecule has 0 saturated heterocycles. The largest absolute Gasteiger partial charge is 0.486 e. The molecule has 0 bridgehead atoms. The summed E-state index contributed by atoms with van der Waals surface area (Å²) in [5, 5.41) is 28.0. The fraction of sp³-hybridized carbons (Fsp3) is 0.185. The summed E-state index contributed by atoms with van der Waals surface area (Å²) in [4.78, 5) is 30.4. The first-order chi connectivity index (χ1) is 30.2. The molecule has 0 aromatic heterocycles. The van der Waals surface area contributed by atoms with Crippen molar-refractivity contribution in [2.24, 2.45) is 0 Å². The molecule has 310 valence electrons. The second kappa shape index (κ2) is 21.5. The Balaban J connectivity index is 1.30. The maximum absolute atomic E-state index is 11.5. The molecule has 0 spiro atoms. The van der Waals surface area contributed by atoms with Gasteiger partial charge in [0.2, 0.25) is 0 Å². The summed E-state index contributed by atoms with van der Waals surface area (Å²) in [5.41, 5.74) is 10.9. The van der Waals surface area contributed by atoms with Crippen LogP contribution in [0, 0.1) is 17.9 Å². The van der Waals surface area contributed by atoms with E-state index in [0.717, 1.165) is 70.9 Å². The van der Waals surface area contributed by atoms with Gasteiger partial charge in [-0.1, -0.05) is 112 Å². The number of carbonyl (C=O) groups is 2. The van der Waals surface area contributed by atoms with E-state index >= 15 is 0 Å². The minimum atomic E-state index is -1.26. The molecule has 0 heterocycles. The molecule has 0 unspecified atom stereocenters. The van der Waals surface area contributed by atoms with Crippen molar-refractivity contribution in [3.8, 4) is 17.2 Å². The average molecular weight is 819 g/mol. The maximum Gasteiger partial charge on any atom is 0.346 e. The highest BCUT2D eigenvalue weighted by Crippen LogP contribution is 2.39. The van der Waals surface area contributed by atoms with Crippen molar-refractivity contribution in [1.82, 2.24) is 0 Å². The molecule has 8 nitrogen and oxygen atoms in total. The van der Waals surface area contributed by atoms with Crippen molar-refractivity contribution in [1.29, 1.82) is 5.26 Å². The van der Waals surface area contributed by atoms with Gasteiger partial charge in [-0.2, -0.15) is 5.26 Å². The van der Waals surface area contributed by atoms with Gasteiger partial charge in [0, 0.05) is 34.1 Å². The highest BCUT2D eigenvalue weighted by molar-refractivity contribution is 5.96. The van der Waals surface area contributed by atoms with E-state index in [1.54, 1.807) is 6.07 Å². The van der Waals surface area contributed by atoms with Crippen LogP contribution in [0.25, 0.3) is 28.1 Å². The number of anilines is 6. The Bertz CT molecular complexity index is 2400. The summed E-state index contributed by atoms with van der Waals surface area (Å²) in [6, 6.07) is 50.9. The minimum Gasteiger partial charge on any atom is -0.486 e. The van der Waals surface area contributed by atoms with Crippen molar-refractivity contribution in [3.05, 3.63) is 191 Å². The number of hydrogen-bond donors (Lipinski definition) is 2. The number of hydrogen-bond acceptors (Lipinski definition) is 5. The molecule has 0 saturated carbocycles. The minimum absolute atomic E-state index is 0.325. The van der Waals surface area contributed by atoms with E-state index in [1.807, 2.05) is 48.5 Å². The number of benzene rings is 6. The molecule has 2 N–H and O–H groups in total. The molecule has 0 aliphatic carbocycles. The Labute approximate surface area is 364 Å². The second-order valence-electron chi connectivity index (χ2n) is 15.1. The summed E-state index contributed by atoms with van der Waals surface area (Å²) >= 11 is 0. The molecule has 6 rings (SSSR count). The van der Waals surface area contributed by atoms with E-state index in [-0.39, 0.29) is 11.3 Å². The smallest absolute Gasteiger partial charge is 0.346 e. The van der Waals surface area contributed by atoms with E-state index in [4.69, 9.17) is 6.57 Å².